The van der Waals surface area contributed by atoms with Gasteiger partial charge in [-0.25, -0.2) is 0 Å². The van der Waals surface area contributed by atoms with Crippen molar-refractivity contribution >= 4 is 24.0 Å². The van der Waals surface area contributed by atoms with Crippen LogP contribution in [0.15, 0.2) is 54.6 Å². The van der Waals surface area contributed by atoms with Crippen molar-refractivity contribution in [3.63, 3.8) is 0 Å². The standard InChI is InChI=1S/C18H22N2O3.ClH/c1-22-10-11-23-16-9-5-8-15(12-16)20-18(21)17(13-19)14-6-3-2-4-7-14;/h2-9,12,17H,10-11,13,19H2,1H3,(H,20,21);1H. The number of hydrogen-bond donors (Lipinski definition) is 2. The predicted octanol–water partition coefficient (Wildman–Crippen LogP) is 2.81. The van der Waals surface area contributed by atoms with Gasteiger partial charge in [-0.3, -0.25) is 4.79 Å². The molecule has 0 spiro atoms. The van der Waals surface area contributed by atoms with Crippen LogP contribution in [0.5, 0.6) is 5.75 Å². The van der Waals surface area contributed by atoms with Gasteiger partial charge in [0.1, 0.15) is 12.4 Å². The summed E-state index contributed by atoms with van der Waals surface area (Å²) in [6.45, 7) is 1.23. The quantitative estimate of drug-likeness (QED) is 0.718. The summed E-state index contributed by atoms with van der Waals surface area (Å²) in [6, 6.07) is 16.8. The maximum atomic E-state index is 12.5. The van der Waals surface area contributed by atoms with E-state index in [2.05, 4.69) is 5.32 Å². The van der Waals surface area contributed by atoms with Crippen molar-refractivity contribution in [1.29, 1.82) is 0 Å². The van der Waals surface area contributed by atoms with Gasteiger partial charge in [-0.05, 0) is 17.7 Å². The normalized spacial score (nSPS) is 11.2. The van der Waals surface area contributed by atoms with Crippen LogP contribution < -0.4 is 15.8 Å². The van der Waals surface area contributed by atoms with Gasteiger partial charge in [0, 0.05) is 25.4 Å². The molecule has 5 nitrogen and oxygen atoms in total. The molecule has 0 saturated carbocycles. The van der Waals surface area contributed by atoms with Crippen LogP contribution in [0, 0.1) is 0 Å². The molecule has 3 N–H and O–H groups in total. The van der Waals surface area contributed by atoms with E-state index >= 15 is 0 Å². The van der Waals surface area contributed by atoms with Crippen molar-refractivity contribution in [3.8, 4) is 5.75 Å². The molecule has 24 heavy (non-hydrogen) atoms. The van der Waals surface area contributed by atoms with Crippen LogP contribution in [0.4, 0.5) is 5.69 Å². The first-order chi connectivity index (χ1) is 11.2. The lowest BCUT2D eigenvalue weighted by Gasteiger charge is -2.16. The number of methoxy groups -OCH3 is 1. The number of halogens is 1. The lowest BCUT2D eigenvalue weighted by Crippen LogP contribution is -2.27. The fraction of sp³-hybridized carbons (Fsp3) is 0.278. The third kappa shape index (κ3) is 5.85. The molecule has 0 aliphatic carbocycles. The Balaban J connectivity index is 0.00000288. The lowest BCUT2D eigenvalue weighted by molar-refractivity contribution is -0.117. The Kier molecular flexibility index (Phi) is 8.86. The summed E-state index contributed by atoms with van der Waals surface area (Å²) in [7, 11) is 1.62. The number of anilines is 1. The molecule has 1 unspecified atom stereocenters. The van der Waals surface area contributed by atoms with Gasteiger partial charge in [0.05, 0.1) is 12.5 Å². The topological polar surface area (TPSA) is 73.6 Å². The third-order valence-corrected chi connectivity index (χ3v) is 3.41. The smallest absolute Gasteiger partial charge is 0.233 e. The van der Waals surface area contributed by atoms with Crippen LogP contribution in [0.3, 0.4) is 0 Å². The maximum Gasteiger partial charge on any atom is 0.233 e. The van der Waals surface area contributed by atoms with Gasteiger partial charge in [-0.2, -0.15) is 0 Å². The summed E-state index contributed by atoms with van der Waals surface area (Å²) in [5.74, 6) is 0.172. The molecule has 2 rings (SSSR count). The molecule has 0 saturated heterocycles. The van der Waals surface area contributed by atoms with E-state index in [0.717, 1.165) is 5.56 Å². The minimum atomic E-state index is -0.380. The third-order valence-electron chi connectivity index (χ3n) is 3.41. The first-order valence-electron chi connectivity index (χ1n) is 7.52. The van der Waals surface area contributed by atoms with Crippen LogP contribution in [-0.2, 0) is 9.53 Å². The van der Waals surface area contributed by atoms with Gasteiger partial charge >= 0.3 is 0 Å². The first-order valence-corrected chi connectivity index (χ1v) is 7.52. The molecule has 130 valence electrons. The summed E-state index contributed by atoms with van der Waals surface area (Å²) >= 11 is 0. The van der Waals surface area contributed by atoms with Crippen LogP contribution in [0.1, 0.15) is 11.5 Å². The van der Waals surface area contributed by atoms with Crippen LogP contribution in [0.25, 0.3) is 0 Å². The molecule has 1 amide bonds. The van der Waals surface area contributed by atoms with Crippen molar-refractivity contribution in [2.75, 3.05) is 32.2 Å². The zero-order valence-corrected chi connectivity index (χ0v) is 14.4. The Morgan fingerprint density at radius 2 is 1.88 bits per heavy atom. The minimum absolute atomic E-state index is 0. The van der Waals surface area contributed by atoms with E-state index in [-0.39, 0.29) is 30.8 Å². The Morgan fingerprint density at radius 1 is 1.12 bits per heavy atom. The highest BCUT2D eigenvalue weighted by Crippen LogP contribution is 2.20. The molecule has 0 fully saturated rings. The number of nitrogens with two attached hydrogens (primary N) is 1. The Hall–Kier alpha value is -2.08. The zero-order chi connectivity index (χ0) is 16.5. The molecule has 0 heterocycles. The number of hydrogen-bond acceptors (Lipinski definition) is 4. The summed E-state index contributed by atoms with van der Waals surface area (Å²) in [6.07, 6.45) is 0. The van der Waals surface area contributed by atoms with Crippen LogP contribution in [-0.4, -0.2) is 32.8 Å². The highest BCUT2D eigenvalue weighted by molar-refractivity contribution is 5.96. The van der Waals surface area contributed by atoms with E-state index in [1.807, 2.05) is 48.5 Å². The Bertz CT molecular complexity index is 623. The maximum absolute atomic E-state index is 12.5. The molecule has 6 heteroatoms. The fourth-order valence-electron chi connectivity index (χ4n) is 2.22. The highest BCUT2D eigenvalue weighted by atomic mass is 35.5. The number of rotatable bonds is 8. The summed E-state index contributed by atoms with van der Waals surface area (Å²) in [5.41, 5.74) is 7.35. The number of amides is 1. The average Bonchev–Trinajstić information content (AvgIpc) is 2.57. The van der Waals surface area contributed by atoms with Gasteiger partial charge in [0.25, 0.3) is 0 Å². The van der Waals surface area contributed by atoms with Crippen LogP contribution >= 0.6 is 12.4 Å². The average molecular weight is 351 g/mol. The number of carbonyl (C=O) groups is 1. The molecule has 2 aromatic rings. The van der Waals surface area contributed by atoms with Gasteiger partial charge in [-0.15, -0.1) is 12.4 Å². The van der Waals surface area contributed by atoms with E-state index in [9.17, 15) is 4.79 Å². The van der Waals surface area contributed by atoms with E-state index in [4.69, 9.17) is 15.2 Å². The monoisotopic (exact) mass is 350 g/mol. The number of ether oxygens (including phenoxy) is 2. The largest absolute Gasteiger partial charge is 0.491 e. The van der Waals surface area contributed by atoms with Gasteiger partial charge < -0.3 is 20.5 Å². The van der Waals surface area contributed by atoms with Crippen molar-refractivity contribution < 1.29 is 14.3 Å². The molecule has 1 atom stereocenters. The number of nitrogens with one attached hydrogen (secondary N) is 1. The van der Waals surface area contributed by atoms with Gasteiger partial charge in [0.2, 0.25) is 5.91 Å². The van der Waals surface area contributed by atoms with E-state index < -0.39 is 0 Å². The van der Waals surface area contributed by atoms with E-state index in [0.29, 0.717) is 24.7 Å². The number of carbonyl (C=O) groups excluding carboxylic acids is 1. The summed E-state index contributed by atoms with van der Waals surface area (Å²) < 4.78 is 10.5. The zero-order valence-electron chi connectivity index (χ0n) is 13.6. The second-order valence-corrected chi connectivity index (χ2v) is 5.06. The molecular formula is C18H23ClN2O3. The Labute approximate surface area is 148 Å². The van der Waals surface area contributed by atoms with Crippen molar-refractivity contribution in [2.45, 2.75) is 5.92 Å². The molecule has 2 aromatic carbocycles. The van der Waals surface area contributed by atoms with Crippen molar-refractivity contribution in [3.05, 3.63) is 60.2 Å². The SMILES string of the molecule is COCCOc1cccc(NC(=O)C(CN)c2ccccc2)c1.Cl. The molecule has 0 aromatic heterocycles. The molecule has 0 aliphatic heterocycles. The predicted molar refractivity (Wildman–Crippen MR) is 97.9 cm³/mol. The minimum Gasteiger partial charge on any atom is -0.491 e. The van der Waals surface area contributed by atoms with Gasteiger partial charge in [0.15, 0.2) is 0 Å². The molecular weight excluding hydrogens is 328 g/mol. The second kappa shape index (κ2) is 10.6. The van der Waals surface area contributed by atoms with Crippen molar-refractivity contribution in [2.24, 2.45) is 5.73 Å². The molecule has 0 bridgehead atoms. The molecule has 0 radical (unpaired) electrons. The second-order valence-electron chi connectivity index (χ2n) is 5.06. The first kappa shape index (κ1) is 20.0. The van der Waals surface area contributed by atoms with Gasteiger partial charge in [-0.1, -0.05) is 36.4 Å². The number of benzene rings is 2. The van der Waals surface area contributed by atoms with Crippen LogP contribution in [0.2, 0.25) is 0 Å². The summed E-state index contributed by atoms with van der Waals surface area (Å²) in [5, 5.41) is 2.89. The van der Waals surface area contributed by atoms with Crippen molar-refractivity contribution in [1.82, 2.24) is 0 Å². The fourth-order valence-corrected chi connectivity index (χ4v) is 2.22. The molecule has 0 aliphatic rings. The highest BCUT2D eigenvalue weighted by Gasteiger charge is 2.18. The Morgan fingerprint density at radius 3 is 2.54 bits per heavy atom. The van der Waals surface area contributed by atoms with E-state index in [1.165, 1.54) is 0 Å². The van der Waals surface area contributed by atoms with E-state index in [1.54, 1.807) is 13.2 Å². The lowest BCUT2D eigenvalue weighted by atomic mass is 9.98. The summed E-state index contributed by atoms with van der Waals surface area (Å²) in [4.78, 5) is 12.5.